The van der Waals surface area contributed by atoms with E-state index in [2.05, 4.69) is 26.5 Å². The molecule has 0 spiro atoms. The molecule has 4 rings (SSSR count). The molecule has 1 aliphatic rings. The summed E-state index contributed by atoms with van der Waals surface area (Å²) in [5.41, 5.74) is 3.07. The molecule has 2 aromatic carbocycles. The summed E-state index contributed by atoms with van der Waals surface area (Å²) in [6.45, 7) is 1.54. The highest BCUT2D eigenvalue weighted by Crippen LogP contribution is 2.39. The maximum Gasteiger partial charge on any atom is 0.326 e. The number of carbonyl (C=O) groups is 4. The number of aliphatic hydroxyl groups excluding tert-OH is 1. The molecule has 0 saturated heterocycles. The van der Waals surface area contributed by atoms with Gasteiger partial charge < -0.3 is 35.8 Å². The van der Waals surface area contributed by atoms with Gasteiger partial charge in [-0.3, -0.25) is 19.2 Å². The van der Waals surface area contributed by atoms with Gasteiger partial charge in [0.15, 0.2) is 0 Å². The Labute approximate surface area is 258 Å². The standard InChI is InChI=1S/C32H35N5O8/c1-3-14-37(26-11-7-20-15-25-23(16-22(20)26)31(43)36-27(17-38)34-25)21-8-5-19(6-9-21)30(42)35-24(32(44)45)10-12-28(39)33-18(2)4-13-29(40)41/h1,5-6,8-9,15-16,18,24,26,38H,4,7,10-14,17H2,2H3,(H,33,39)(H,35,42)(H,40,41)(H,44,45)(H,34,36,43). The molecule has 0 bridgehead atoms. The quantitative estimate of drug-likeness (QED) is 0.145. The first kappa shape index (κ1) is 32.7. The first-order valence-corrected chi connectivity index (χ1v) is 14.5. The van der Waals surface area contributed by atoms with E-state index >= 15 is 0 Å². The number of aromatic nitrogens is 2. The van der Waals surface area contributed by atoms with Gasteiger partial charge in [0.05, 0.1) is 23.5 Å². The van der Waals surface area contributed by atoms with Gasteiger partial charge in [-0.1, -0.05) is 5.92 Å². The number of aryl methyl sites for hydroxylation is 1. The van der Waals surface area contributed by atoms with Crippen LogP contribution < -0.4 is 21.1 Å². The number of carboxylic acid groups (broad SMARTS) is 2. The van der Waals surface area contributed by atoms with Gasteiger partial charge in [0.25, 0.3) is 11.5 Å². The molecule has 3 atom stereocenters. The number of carboxylic acids is 2. The highest BCUT2D eigenvalue weighted by atomic mass is 16.4. The number of hydrogen-bond donors (Lipinski definition) is 6. The third kappa shape index (κ3) is 8.04. The number of nitrogens with zero attached hydrogens (tertiary/aromatic N) is 2. The van der Waals surface area contributed by atoms with Gasteiger partial charge in [0.2, 0.25) is 5.91 Å². The van der Waals surface area contributed by atoms with Gasteiger partial charge in [-0.05, 0) is 80.1 Å². The van der Waals surface area contributed by atoms with Crippen LogP contribution in [0.5, 0.6) is 0 Å². The summed E-state index contributed by atoms with van der Waals surface area (Å²) < 4.78 is 0. The monoisotopic (exact) mass is 617 g/mol. The fourth-order valence-electron chi connectivity index (χ4n) is 5.48. The van der Waals surface area contributed by atoms with Crippen LogP contribution in [0, 0.1) is 12.3 Å². The smallest absolute Gasteiger partial charge is 0.326 e. The lowest BCUT2D eigenvalue weighted by Gasteiger charge is -2.30. The van der Waals surface area contributed by atoms with Gasteiger partial charge in [-0.15, -0.1) is 6.42 Å². The SMILES string of the molecule is C#CCN(c1ccc(C(=O)NC(CCC(=O)NC(C)CCC(=O)O)C(=O)O)cc1)C1CCc2cc3nc(CO)[nH]c(=O)c3cc21. The molecule has 0 fully saturated rings. The summed E-state index contributed by atoms with van der Waals surface area (Å²) >= 11 is 0. The van der Waals surface area contributed by atoms with Crippen LogP contribution in [-0.4, -0.2) is 67.7 Å². The van der Waals surface area contributed by atoms with Crippen molar-refractivity contribution in [1.82, 2.24) is 20.6 Å². The minimum atomic E-state index is -1.31. The number of aliphatic carboxylic acids is 2. The molecule has 0 aliphatic heterocycles. The van der Waals surface area contributed by atoms with E-state index in [0.29, 0.717) is 10.9 Å². The zero-order valence-electron chi connectivity index (χ0n) is 24.7. The Morgan fingerprint density at radius 1 is 1.11 bits per heavy atom. The molecule has 1 heterocycles. The Hall–Kier alpha value is -5.22. The second kappa shape index (κ2) is 14.5. The molecular formula is C32H35N5O8. The Bertz CT molecular complexity index is 1690. The van der Waals surface area contributed by atoms with Crippen molar-refractivity contribution in [3.8, 4) is 12.3 Å². The molecule has 3 unspecified atom stereocenters. The Kier molecular flexibility index (Phi) is 10.5. The molecule has 1 aromatic heterocycles. The predicted octanol–water partition coefficient (Wildman–Crippen LogP) is 1.88. The Morgan fingerprint density at radius 3 is 2.49 bits per heavy atom. The van der Waals surface area contributed by atoms with E-state index in [0.717, 1.165) is 29.7 Å². The van der Waals surface area contributed by atoms with E-state index in [4.69, 9.17) is 11.5 Å². The number of aliphatic hydroxyl groups is 1. The number of terminal acetylenes is 1. The third-order valence-corrected chi connectivity index (χ3v) is 7.77. The number of anilines is 1. The minimum absolute atomic E-state index is 0.106. The predicted molar refractivity (Wildman–Crippen MR) is 165 cm³/mol. The van der Waals surface area contributed by atoms with Gasteiger partial charge in [-0.25, -0.2) is 9.78 Å². The number of fused-ring (bicyclic) bond motifs is 2. The maximum absolute atomic E-state index is 12.9. The average molecular weight is 618 g/mol. The molecule has 0 saturated carbocycles. The van der Waals surface area contributed by atoms with E-state index in [1.54, 1.807) is 31.2 Å². The van der Waals surface area contributed by atoms with Crippen molar-refractivity contribution in [3.05, 3.63) is 69.3 Å². The van der Waals surface area contributed by atoms with E-state index in [1.807, 2.05) is 17.0 Å². The fourth-order valence-corrected chi connectivity index (χ4v) is 5.48. The highest BCUT2D eigenvalue weighted by Gasteiger charge is 2.29. The number of hydrogen-bond acceptors (Lipinski definition) is 8. The van der Waals surface area contributed by atoms with Crippen molar-refractivity contribution < 1.29 is 34.5 Å². The zero-order valence-corrected chi connectivity index (χ0v) is 24.7. The van der Waals surface area contributed by atoms with Crippen LogP contribution in [0.25, 0.3) is 10.9 Å². The number of rotatable bonds is 14. The molecule has 2 amide bonds. The second-order valence-corrected chi connectivity index (χ2v) is 11.0. The summed E-state index contributed by atoms with van der Waals surface area (Å²) in [6, 6.07) is 8.38. The normalized spacial score (nSPS) is 15.0. The van der Waals surface area contributed by atoms with Crippen LogP contribution in [0.2, 0.25) is 0 Å². The van der Waals surface area contributed by atoms with Crippen molar-refractivity contribution in [2.45, 2.75) is 70.2 Å². The van der Waals surface area contributed by atoms with Crippen LogP contribution in [0.4, 0.5) is 5.69 Å². The van der Waals surface area contributed by atoms with Crippen molar-refractivity contribution in [3.63, 3.8) is 0 Å². The lowest BCUT2D eigenvalue weighted by molar-refractivity contribution is -0.140. The molecule has 1 aliphatic carbocycles. The van der Waals surface area contributed by atoms with E-state index in [1.165, 1.54) is 0 Å². The number of amides is 2. The van der Waals surface area contributed by atoms with Crippen LogP contribution in [-0.2, 0) is 27.4 Å². The van der Waals surface area contributed by atoms with Gasteiger partial charge >= 0.3 is 11.9 Å². The summed E-state index contributed by atoms with van der Waals surface area (Å²) in [7, 11) is 0. The first-order valence-electron chi connectivity index (χ1n) is 14.5. The molecule has 45 heavy (non-hydrogen) atoms. The molecular weight excluding hydrogens is 582 g/mol. The largest absolute Gasteiger partial charge is 0.481 e. The van der Waals surface area contributed by atoms with Crippen LogP contribution in [0.3, 0.4) is 0 Å². The van der Waals surface area contributed by atoms with Crippen molar-refractivity contribution in [2.24, 2.45) is 0 Å². The first-order chi connectivity index (χ1) is 21.5. The lowest BCUT2D eigenvalue weighted by Crippen LogP contribution is -2.42. The minimum Gasteiger partial charge on any atom is -0.481 e. The Morgan fingerprint density at radius 2 is 1.84 bits per heavy atom. The van der Waals surface area contributed by atoms with Gasteiger partial charge in [-0.2, -0.15) is 0 Å². The molecule has 236 valence electrons. The number of aromatic amines is 1. The fraction of sp³-hybridized carbons (Fsp3) is 0.375. The highest BCUT2D eigenvalue weighted by molar-refractivity contribution is 5.97. The van der Waals surface area contributed by atoms with Gasteiger partial charge in [0.1, 0.15) is 18.5 Å². The van der Waals surface area contributed by atoms with E-state index in [9.17, 15) is 34.2 Å². The summed E-state index contributed by atoms with van der Waals surface area (Å²) in [4.78, 5) is 69.2. The van der Waals surface area contributed by atoms with Crippen molar-refractivity contribution >= 4 is 40.3 Å². The maximum atomic E-state index is 12.9. The van der Waals surface area contributed by atoms with E-state index < -0.39 is 35.8 Å². The van der Waals surface area contributed by atoms with Gasteiger partial charge in [0, 0.05) is 30.1 Å². The van der Waals surface area contributed by atoms with Crippen LogP contribution in [0.1, 0.15) is 72.4 Å². The molecule has 13 nitrogen and oxygen atoms in total. The second-order valence-electron chi connectivity index (χ2n) is 11.0. The molecule has 6 N–H and O–H groups in total. The molecule has 3 aromatic rings. The topological polar surface area (TPSA) is 202 Å². The Balaban J connectivity index is 1.44. The lowest BCUT2D eigenvalue weighted by atomic mass is 10.0. The van der Waals surface area contributed by atoms with Crippen molar-refractivity contribution in [1.29, 1.82) is 0 Å². The molecule has 0 radical (unpaired) electrons. The number of H-pyrrole nitrogens is 1. The third-order valence-electron chi connectivity index (χ3n) is 7.77. The number of carbonyl (C=O) groups excluding carboxylic acids is 2. The van der Waals surface area contributed by atoms with Crippen LogP contribution in [0.15, 0.2) is 41.2 Å². The summed E-state index contributed by atoms with van der Waals surface area (Å²) in [6.07, 6.45) is 6.99. The van der Waals surface area contributed by atoms with Crippen LogP contribution >= 0.6 is 0 Å². The van der Waals surface area contributed by atoms with Crippen molar-refractivity contribution in [2.75, 3.05) is 11.4 Å². The average Bonchev–Trinajstić information content (AvgIpc) is 3.42. The number of benzene rings is 2. The molecule has 13 heteroatoms. The summed E-state index contributed by atoms with van der Waals surface area (Å²) in [5, 5.41) is 33.3. The van der Waals surface area contributed by atoms with E-state index in [-0.39, 0.29) is 61.8 Å². The zero-order chi connectivity index (χ0) is 32.7. The number of nitrogens with one attached hydrogen (secondary N) is 3. The summed E-state index contributed by atoms with van der Waals surface area (Å²) in [5.74, 6) is -0.467.